The van der Waals surface area contributed by atoms with E-state index in [1.807, 2.05) is 12.1 Å². The van der Waals surface area contributed by atoms with E-state index >= 15 is 0 Å². The third-order valence-electron chi connectivity index (χ3n) is 4.11. The summed E-state index contributed by atoms with van der Waals surface area (Å²) in [5.74, 6) is 0.241. The fourth-order valence-corrected chi connectivity index (χ4v) is 2.96. The molecule has 3 N–H and O–H groups in total. The molecule has 5 nitrogen and oxygen atoms in total. The van der Waals surface area contributed by atoms with Gasteiger partial charge < -0.3 is 10.5 Å². The fourth-order valence-electron chi connectivity index (χ4n) is 2.96. The lowest BCUT2D eigenvalue weighted by atomic mass is 9.97. The van der Waals surface area contributed by atoms with E-state index in [-0.39, 0.29) is 6.10 Å². The molecule has 0 aromatic heterocycles. The molecule has 0 unspecified atom stereocenters. The molecule has 0 saturated heterocycles. The molecular formula is C15H20N2O3. The van der Waals surface area contributed by atoms with E-state index in [1.54, 1.807) is 6.07 Å². The second-order valence-corrected chi connectivity index (χ2v) is 5.63. The monoisotopic (exact) mass is 276 g/mol. The highest BCUT2D eigenvalue weighted by Crippen LogP contribution is 2.32. The van der Waals surface area contributed by atoms with Crippen LogP contribution in [0.2, 0.25) is 0 Å². The third kappa shape index (κ3) is 2.51. The van der Waals surface area contributed by atoms with E-state index in [2.05, 4.69) is 0 Å². The second-order valence-electron chi connectivity index (χ2n) is 5.63. The van der Waals surface area contributed by atoms with Crippen molar-refractivity contribution in [3.05, 3.63) is 23.8 Å². The van der Waals surface area contributed by atoms with Crippen LogP contribution >= 0.6 is 0 Å². The molecule has 1 atom stereocenters. The van der Waals surface area contributed by atoms with Gasteiger partial charge >= 0.3 is 0 Å². The summed E-state index contributed by atoms with van der Waals surface area (Å²) in [5, 5.41) is 10.5. The van der Waals surface area contributed by atoms with Crippen LogP contribution in [0.3, 0.4) is 0 Å². The Morgan fingerprint density at radius 3 is 2.75 bits per heavy atom. The highest BCUT2D eigenvalue weighted by atomic mass is 16.5. The molecule has 0 radical (unpaired) electrons. The van der Waals surface area contributed by atoms with Crippen molar-refractivity contribution in [2.24, 2.45) is 5.73 Å². The topological polar surface area (TPSA) is 75.8 Å². The number of nitrogens with zero attached hydrogens (tertiary/aromatic N) is 1. The highest BCUT2D eigenvalue weighted by Gasteiger charge is 2.30. The third-order valence-corrected chi connectivity index (χ3v) is 4.11. The summed E-state index contributed by atoms with van der Waals surface area (Å²) in [6, 6.07) is 4.83. The van der Waals surface area contributed by atoms with E-state index in [9.17, 15) is 10.0 Å². The molecule has 1 aromatic carbocycles. The van der Waals surface area contributed by atoms with Crippen LogP contribution in [0, 0.1) is 0 Å². The molecule has 1 aromatic rings. The first-order valence-corrected chi connectivity index (χ1v) is 7.23. The number of fused-ring (bicyclic) bond motifs is 1. The van der Waals surface area contributed by atoms with Crippen LogP contribution in [-0.4, -0.2) is 23.3 Å². The largest absolute Gasteiger partial charge is 0.490 e. The number of nitrogens with two attached hydrogens (primary N) is 1. The Balaban J connectivity index is 1.80. The van der Waals surface area contributed by atoms with Crippen LogP contribution < -0.4 is 15.5 Å². The van der Waals surface area contributed by atoms with Gasteiger partial charge in [-0.25, -0.2) is 0 Å². The minimum absolute atomic E-state index is 0.246. The number of ether oxygens (including phenoxy) is 1. The zero-order valence-corrected chi connectivity index (χ0v) is 11.4. The van der Waals surface area contributed by atoms with Crippen LogP contribution in [0.15, 0.2) is 18.2 Å². The number of hydrogen-bond acceptors (Lipinski definition) is 4. The van der Waals surface area contributed by atoms with Crippen molar-refractivity contribution in [1.82, 2.24) is 0 Å². The minimum Gasteiger partial charge on any atom is -0.490 e. The van der Waals surface area contributed by atoms with Gasteiger partial charge in [-0.1, -0.05) is 12.5 Å². The van der Waals surface area contributed by atoms with Gasteiger partial charge in [0.15, 0.2) is 0 Å². The van der Waals surface area contributed by atoms with Gasteiger partial charge in [0.2, 0.25) is 0 Å². The molecule has 0 bridgehead atoms. The molecular weight excluding hydrogens is 256 g/mol. The maximum Gasteiger partial charge on any atom is 0.267 e. The molecule has 3 rings (SSSR count). The number of rotatable bonds is 2. The van der Waals surface area contributed by atoms with Gasteiger partial charge in [0.05, 0.1) is 17.8 Å². The smallest absolute Gasteiger partial charge is 0.267 e. The number of benzene rings is 1. The number of amides is 1. The normalized spacial score (nSPS) is 23.6. The molecule has 20 heavy (non-hydrogen) atoms. The first kappa shape index (κ1) is 13.4. The van der Waals surface area contributed by atoms with Gasteiger partial charge in [-0.3, -0.25) is 10.0 Å². The van der Waals surface area contributed by atoms with Gasteiger partial charge in [-0.15, -0.1) is 0 Å². The zero-order chi connectivity index (χ0) is 14.1. The summed E-state index contributed by atoms with van der Waals surface area (Å²) in [6.45, 7) is 0. The number of carbonyl (C=O) groups is 1. The number of hydrogen-bond donors (Lipinski definition) is 2. The van der Waals surface area contributed by atoms with Crippen molar-refractivity contribution in [3.63, 3.8) is 0 Å². The lowest BCUT2D eigenvalue weighted by Gasteiger charge is -2.29. The second kappa shape index (κ2) is 5.42. The molecule has 1 heterocycles. The van der Waals surface area contributed by atoms with E-state index in [4.69, 9.17) is 10.5 Å². The van der Waals surface area contributed by atoms with Gasteiger partial charge in [0, 0.05) is 6.07 Å². The van der Waals surface area contributed by atoms with Crippen LogP contribution in [0.25, 0.3) is 0 Å². The molecule has 1 aliphatic heterocycles. The average molecular weight is 276 g/mol. The van der Waals surface area contributed by atoms with Crippen molar-refractivity contribution in [3.8, 4) is 5.75 Å². The standard InChI is InChI=1S/C15H20N2O3/c16-13-8-10-6-7-12(9-14(10)17(19)15(13)18)20-11-4-2-1-3-5-11/h6-7,9,11,13,19H,1-5,8,16H2/t13-/m0/s1. The van der Waals surface area contributed by atoms with Gasteiger partial charge in [0.25, 0.3) is 5.91 Å². The van der Waals surface area contributed by atoms with Gasteiger partial charge in [0.1, 0.15) is 5.75 Å². The van der Waals surface area contributed by atoms with Gasteiger partial charge in [-0.05, 0) is 43.7 Å². The molecule has 1 aliphatic carbocycles. The van der Waals surface area contributed by atoms with Crippen molar-refractivity contribution in [2.75, 3.05) is 5.06 Å². The van der Waals surface area contributed by atoms with Crippen molar-refractivity contribution >= 4 is 11.6 Å². The Bertz CT molecular complexity index is 512. The molecule has 2 aliphatic rings. The van der Waals surface area contributed by atoms with Crippen LogP contribution in [-0.2, 0) is 11.2 Å². The fraction of sp³-hybridized carbons (Fsp3) is 0.533. The Kier molecular flexibility index (Phi) is 3.63. The van der Waals surface area contributed by atoms with E-state index < -0.39 is 11.9 Å². The van der Waals surface area contributed by atoms with Gasteiger partial charge in [-0.2, -0.15) is 5.06 Å². The number of hydroxylamine groups is 1. The molecule has 5 heteroatoms. The van der Waals surface area contributed by atoms with E-state index in [1.165, 1.54) is 19.3 Å². The summed E-state index contributed by atoms with van der Waals surface area (Å²) in [5.41, 5.74) is 7.05. The number of carbonyl (C=O) groups excluding carboxylic acids is 1. The summed E-state index contributed by atoms with van der Waals surface area (Å²) in [6.07, 6.45) is 6.53. The summed E-state index contributed by atoms with van der Waals surface area (Å²) < 4.78 is 5.95. The zero-order valence-electron chi connectivity index (χ0n) is 11.4. The van der Waals surface area contributed by atoms with E-state index in [0.717, 1.165) is 18.4 Å². The van der Waals surface area contributed by atoms with Crippen molar-refractivity contribution in [2.45, 2.75) is 50.7 Å². The quantitative estimate of drug-likeness (QED) is 0.810. The molecule has 1 saturated carbocycles. The molecule has 1 amide bonds. The average Bonchev–Trinajstić information content (AvgIpc) is 2.47. The molecule has 1 fully saturated rings. The van der Waals surface area contributed by atoms with Crippen LogP contribution in [0.5, 0.6) is 5.75 Å². The molecule has 108 valence electrons. The first-order valence-electron chi connectivity index (χ1n) is 7.23. The van der Waals surface area contributed by atoms with Crippen molar-refractivity contribution in [1.29, 1.82) is 0 Å². The summed E-state index contributed by atoms with van der Waals surface area (Å²) >= 11 is 0. The lowest BCUT2D eigenvalue weighted by molar-refractivity contribution is -0.125. The van der Waals surface area contributed by atoms with Crippen LogP contribution in [0.1, 0.15) is 37.7 Å². The Morgan fingerprint density at radius 2 is 2.00 bits per heavy atom. The van der Waals surface area contributed by atoms with Crippen LogP contribution in [0.4, 0.5) is 5.69 Å². The predicted octanol–water partition coefficient (Wildman–Crippen LogP) is 2.00. The van der Waals surface area contributed by atoms with Crippen molar-refractivity contribution < 1.29 is 14.7 Å². The maximum absolute atomic E-state index is 11.7. The Morgan fingerprint density at radius 1 is 1.25 bits per heavy atom. The molecule has 0 spiro atoms. The SMILES string of the molecule is N[C@H]1Cc2ccc(OC3CCCCC3)cc2N(O)C1=O. The first-order chi connectivity index (χ1) is 9.65. The summed E-state index contributed by atoms with van der Waals surface area (Å²) in [7, 11) is 0. The predicted molar refractivity (Wildman–Crippen MR) is 74.9 cm³/mol. The Labute approximate surface area is 118 Å². The lowest BCUT2D eigenvalue weighted by Crippen LogP contribution is -2.47. The highest BCUT2D eigenvalue weighted by molar-refractivity contribution is 5.98. The summed E-state index contributed by atoms with van der Waals surface area (Å²) in [4.78, 5) is 11.7. The number of anilines is 1. The maximum atomic E-state index is 11.7. The van der Waals surface area contributed by atoms with E-state index in [0.29, 0.717) is 22.9 Å². The minimum atomic E-state index is -0.669. The Hall–Kier alpha value is -1.59.